The maximum atomic E-state index is 12.6. The molecule has 1 unspecified atom stereocenters. The highest BCUT2D eigenvalue weighted by Crippen LogP contribution is 2.43. The Morgan fingerprint density at radius 1 is 0.793 bits per heavy atom. The fraction of sp³-hybridized carbons (Fsp3) is 0.711. The molecule has 1 saturated carbocycles. The second kappa shape index (κ2) is 35.1. The molecule has 0 bridgehead atoms. The Labute approximate surface area is 349 Å². The van der Waals surface area contributed by atoms with Crippen molar-refractivity contribution in [1.82, 2.24) is 0 Å². The van der Waals surface area contributed by atoms with Gasteiger partial charge in [0.15, 0.2) is 6.10 Å². The van der Waals surface area contributed by atoms with Gasteiger partial charge in [0.05, 0.1) is 25.4 Å². The number of carbonyl (C=O) groups is 3. The van der Waals surface area contributed by atoms with Gasteiger partial charge in [-0.2, -0.15) is 0 Å². The number of rotatable bonds is 36. The number of phosphoric ester groups is 1. The van der Waals surface area contributed by atoms with Crippen molar-refractivity contribution >= 4 is 25.5 Å². The molecule has 1 fully saturated rings. The van der Waals surface area contributed by atoms with Crippen molar-refractivity contribution in [2.24, 2.45) is 17.6 Å². The Kier molecular flexibility index (Phi) is 32.3. The number of carbonyl (C=O) groups excluding carboxylic acids is 3. The Hall–Kier alpha value is -2.70. The molecule has 0 aromatic rings. The highest BCUT2D eigenvalue weighted by atomic mass is 31.2. The van der Waals surface area contributed by atoms with Crippen LogP contribution >= 0.6 is 7.82 Å². The summed E-state index contributed by atoms with van der Waals surface area (Å²) in [4.78, 5) is 47.6. The zero-order chi connectivity index (χ0) is 42.7. The molecular weight excluding hydrogens is 761 g/mol. The largest absolute Gasteiger partial charge is 0.472 e. The summed E-state index contributed by atoms with van der Waals surface area (Å²) in [5.41, 5.74) is 5.34. The second-order valence-electron chi connectivity index (χ2n) is 15.0. The number of hydrogen-bond acceptors (Lipinski definition) is 11. The lowest BCUT2D eigenvalue weighted by molar-refractivity contribution is -0.161. The van der Waals surface area contributed by atoms with Crippen molar-refractivity contribution in [2.75, 3.05) is 26.4 Å². The lowest BCUT2D eigenvalue weighted by Gasteiger charge is -2.20. The molecule has 0 spiro atoms. The van der Waals surface area contributed by atoms with Crippen LogP contribution in [0.2, 0.25) is 0 Å². The maximum absolute atomic E-state index is 12.6. The molecule has 0 saturated heterocycles. The molecule has 0 radical (unpaired) electrons. The van der Waals surface area contributed by atoms with Crippen LogP contribution in [-0.2, 0) is 37.5 Å². The second-order valence-corrected chi connectivity index (χ2v) is 16.4. The average molecular weight is 838 g/mol. The van der Waals surface area contributed by atoms with Gasteiger partial charge in [-0.25, -0.2) is 4.57 Å². The third kappa shape index (κ3) is 28.7. The predicted octanol–water partition coefficient (Wildman–Crippen LogP) is 9.08. The van der Waals surface area contributed by atoms with E-state index in [1.165, 1.54) is 19.3 Å². The van der Waals surface area contributed by atoms with Gasteiger partial charge in [-0.3, -0.25) is 23.4 Å². The summed E-state index contributed by atoms with van der Waals surface area (Å²) < 4.78 is 32.7. The van der Waals surface area contributed by atoms with Gasteiger partial charge in [-0.05, 0) is 64.2 Å². The summed E-state index contributed by atoms with van der Waals surface area (Å²) in [7, 11) is -4.45. The molecule has 1 rings (SSSR count). The van der Waals surface area contributed by atoms with E-state index in [1.54, 1.807) is 6.08 Å². The number of phosphoric acid groups is 1. The first-order valence-electron chi connectivity index (χ1n) is 21.9. The summed E-state index contributed by atoms with van der Waals surface area (Å²) in [5.74, 6) is -1.60. The minimum absolute atomic E-state index is 0.00728. The van der Waals surface area contributed by atoms with Crippen molar-refractivity contribution in [3.05, 3.63) is 60.8 Å². The van der Waals surface area contributed by atoms with Gasteiger partial charge in [0.1, 0.15) is 12.4 Å². The first-order valence-corrected chi connectivity index (χ1v) is 23.4. The van der Waals surface area contributed by atoms with Crippen LogP contribution in [0, 0.1) is 11.8 Å². The number of nitrogens with two attached hydrogens (primary N) is 1. The van der Waals surface area contributed by atoms with E-state index in [0.717, 1.165) is 64.2 Å². The van der Waals surface area contributed by atoms with Crippen molar-refractivity contribution < 1.29 is 52.6 Å². The van der Waals surface area contributed by atoms with Gasteiger partial charge in [0, 0.05) is 37.6 Å². The normalized spacial score (nSPS) is 19.6. The van der Waals surface area contributed by atoms with Crippen LogP contribution in [-0.4, -0.2) is 77.5 Å². The number of hydrogen-bond donors (Lipinski definition) is 4. The van der Waals surface area contributed by atoms with Crippen LogP contribution in [0.15, 0.2) is 60.8 Å². The van der Waals surface area contributed by atoms with Crippen molar-refractivity contribution in [2.45, 2.75) is 167 Å². The van der Waals surface area contributed by atoms with Crippen LogP contribution in [0.25, 0.3) is 0 Å². The first kappa shape index (κ1) is 53.3. The molecule has 0 aliphatic heterocycles. The van der Waals surface area contributed by atoms with Gasteiger partial charge >= 0.3 is 19.8 Å². The standard InChI is InChI=1S/C45H76NO11P/c1-3-5-7-8-9-10-11-12-13-14-15-16-17-18-19-20-26-30-45(51)57-39(37-56-58(52,53)55-34-33-46)36-54-44(50)29-25-22-21-24-28-40-41(43(49)35-42(40)48)32-31-38(47)27-23-6-4-2/h9-10,12-13,15-16,18-19,31-32,38-41,43,47,49H,3-8,11,14,17,20-30,33-37,46H2,1-2H3,(H,52,53)/b10-9-,13-12-,16-15-,19-18-,32-31+/t38-,39+,40+,41+,43+/m0/s1. The summed E-state index contributed by atoms with van der Waals surface area (Å²) in [5, 5.41) is 20.7. The molecule has 0 heterocycles. The molecule has 1 aliphatic carbocycles. The molecule has 1 aliphatic rings. The third-order valence-corrected chi connectivity index (χ3v) is 10.8. The number of ketones is 1. The zero-order valence-electron chi connectivity index (χ0n) is 35.5. The van der Waals surface area contributed by atoms with E-state index in [2.05, 4.69) is 50.3 Å². The molecule has 5 N–H and O–H groups in total. The Morgan fingerprint density at radius 3 is 2.05 bits per heavy atom. The Morgan fingerprint density at radius 2 is 1.40 bits per heavy atom. The molecule has 0 aromatic carbocycles. The molecule has 58 heavy (non-hydrogen) atoms. The average Bonchev–Trinajstić information content (AvgIpc) is 3.47. The molecule has 0 amide bonds. The van der Waals surface area contributed by atoms with E-state index < -0.39 is 44.7 Å². The molecular formula is C45H76NO11P. The zero-order valence-corrected chi connectivity index (χ0v) is 36.4. The lowest BCUT2D eigenvalue weighted by atomic mass is 9.88. The SMILES string of the molecule is CCCCC/C=C\C/C=C\C/C=C\C/C=C\CCCC(=O)O[C@H](COC(=O)CCCCCC[C@H]1C(=O)C[C@@H](O)[C@@H]1/C=C/[C@@H](O)CCCCC)COP(=O)(O)OCCN. The monoisotopic (exact) mass is 838 g/mol. The molecule has 6 atom stereocenters. The number of ether oxygens (including phenoxy) is 2. The van der Waals surface area contributed by atoms with Gasteiger partial charge in [-0.15, -0.1) is 0 Å². The van der Waals surface area contributed by atoms with Gasteiger partial charge < -0.3 is 30.3 Å². The number of Topliss-reactive ketones (excluding diaryl/α,β-unsaturated/α-hetero) is 1. The number of unbranched alkanes of at least 4 members (excludes halogenated alkanes) is 9. The number of esters is 2. The molecule has 332 valence electrons. The summed E-state index contributed by atoms with van der Waals surface area (Å²) in [6.45, 7) is 3.25. The number of aliphatic hydroxyl groups is 2. The van der Waals surface area contributed by atoms with Crippen LogP contribution in [0.3, 0.4) is 0 Å². The van der Waals surface area contributed by atoms with Crippen LogP contribution < -0.4 is 5.73 Å². The highest BCUT2D eigenvalue weighted by Gasteiger charge is 2.39. The molecule has 13 heteroatoms. The topological polar surface area (TPSA) is 192 Å². The summed E-state index contributed by atoms with van der Waals surface area (Å²) in [6, 6.07) is 0. The van der Waals surface area contributed by atoms with E-state index in [0.29, 0.717) is 32.1 Å². The third-order valence-electron chi connectivity index (χ3n) is 9.77. The minimum Gasteiger partial charge on any atom is -0.462 e. The highest BCUT2D eigenvalue weighted by molar-refractivity contribution is 7.47. The van der Waals surface area contributed by atoms with Crippen molar-refractivity contribution in [3.63, 3.8) is 0 Å². The Balaban J connectivity index is 2.42. The predicted molar refractivity (Wildman–Crippen MR) is 230 cm³/mol. The van der Waals surface area contributed by atoms with Crippen molar-refractivity contribution in [3.8, 4) is 0 Å². The number of allylic oxidation sites excluding steroid dienone is 8. The lowest BCUT2D eigenvalue weighted by Crippen LogP contribution is -2.29. The van der Waals surface area contributed by atoms with Gasteiger partial charge in [0.2, 0.25) is 0 Å². The van der Waals surface area contributed by atoms with E-state index in [9.17, 15) is 34.1 Å². The van der Waals surface area contributed by atoms with Crippen molar-refractivity contribution in [1.29, 1.82) is 0 Å². The fourth-order valence-electron chi connectivity index (χ4n) is 6.46. The summed E-state index contributed by atoms with van der Waals surface area (Å²) >= 11 is 0. The first-order chi connectivity index (χ1) is 28.0. The van der Waals surface area contributed by atoms with Gasteiger partial charge in [0.25, 0.3) is 0 Å². The van der Waals surface area contributed by atoms with E-state index in [1.807, 2.05) is 18.2 Å². The maximum Gasteiger partial charge on any atom is 0.472 e. The van der Waals surface area contributed by atoms with E-state index >= 15 is 0 Å². The smallest absolute Gasteiger partial charge is 0.462 e. The Bertz CT molecular complexity index is 1300. The molecule has 0 aromatic heterocycles. The minimum atomic E-state index is -4.45. The quantitative estimate of drug-likeness (QED) is 0.0203. The van der Waals surface area contributed by atoms with Crippen LogP contribution in [0.1, 0.15) is 149 Å². The van der Waals surface area contributed by atoms with Crippen LogP contribution in [0.4, 0.5) is 0 Å². The fourth-order valence-corrected chi connectivity index (χ4v) is 7.23. The summed E-state index contributed by atoms with van der Waals surface area (Å²) in [6.07, 6.45) is 34.5. The molecule has 12 nitrogen and oxygen atoms in total. The van der Waals surface area contributed by atoms with E-state index in [4.69, 9.17) is 24.3 Å². The van der Waals surface area contributed by atoms with Gasteiger partial charge in [-0.1, -0.05) is 126 Å². The van der Waals surface area contributed by atoms with E-state index in [-0.39, 0.29) is 56.6 Å². The number of aliphatic hydroxyl groups excluding tert-OH is 2. The van der Waals surface area contributed by atoms with Crippen LogP contribution in [0.5, 0.6) is 0 Å².